The van der Waals surface area contributed by atoms with Gasteiger partial charge in [0, 0.05) is 12.0 Å². The van der Waals surface area contributed by atoms with Crippen molar-refractivity contribution in [2.24, 2.45) is 5.92 Å². The maximum Gasteiger partial charge on any atom is 0.264 e. The van der Waals surface area contributed by atoms with E-state index < -0.39 is 6.10 Å². The highest BCUT2D eigenvalue weighted by Gasteiger charge is 2.38. The fraction of sp³-hybridized carbons (Fsp3) is 0.500. The third-order valence-electron chi connectivity index (χ3n) is 5.40. The molecule has 3 atom stereocenters. The van der Waals surface area contributed by atoms with Crippen LogP contribution in [0.5, 0.6) is 5.75 Å². The van der Waals surface area contributed by atoms with E-state index in [4.69, 9.17) is 9.15 Å². The van der Waals surface area contributed by atoms with Crippen LogP contribution in [0.1, 0.15) is 56.1 Å². The standard InChI is InChI=1S/C22H27NO3/c1-14-5-4-6-18(11-14)25-16(3)22(24)23(17-7-8-17)13-19-9-10-21(26-19)20-12-15(20)2/h4-6,9-11,15-17,20H,7-8,12-13H2,1-3H3. The molecule has 1 heterocycles. The molecule has 0 bridgehead atoms. The van der Waals surface area contributed by atoms with Crippen LogP contribution < -0.4 is 4.74 Å². The van der Waals surface area contributed by atoms with Gasteiger partial charge in [0.1, 0.15) is 17.3 Å². The largest absolute Gasteiger partial charge is 0.481 e. The molecule has 3 unspecified atom stereocenters. The lowest BCUT2D eigenvalue weighted by molar-refractivity contribution is -0.139. The number of carbonyl (C=O) groups is 1. The molecule has 1 aromatic carbocycles. The number of furan rings is 1. The summed E-state index contributed by atoms with van der Waals surface area (Å²) in [4.78, 5) is 14.9. The predicted octanol–water partition coefficient (Wildman–Crippen LogP) is 4.67. The van der Waals surface area contributed by atoms with Gasteiger partial charge in [-0.25, -0.2) is 0 Å². The average molecular weight is 353 g/mol. The molecule has 2 fully saturated rings. The second-order valence-electron chi connectivity index (χ2n) is 7.90. The summed E-state index contributed by atoms with van der Waals surface area (Å²) in [7, 11) is 0. The van der Waals surface area contributed by atoms with Gasteiger partial charge in [-0.15, -0.1) is 0 Å². The minimum Gasteiger partial charge on any atom is -0.481 e. The molecule has 2 saturated carbocycles. The summed E-state index contributed by atoms with van der Waals surface area (Å²) in [6.07, 6.45) is 2.83. The first kappa shape index (κ1) is 17.2. The van der Waals surface area contributed by atoms with Gasteiger partial charge in [0.05, 0.1) is 6.54 Å². The highest BCUT2D eigenvalue weighted by Crippen LogP contribution is 2.47. The van der Waals surface area contributed by atoms with Gasteiger partial charge in [-0.2, -0.15) is 0 Å². The molecule has 2 aromatic rings. The van der Waals surface area contributed by atoms with Gasteiger partial charge in [0.15, 0.2) is 6.10 Å². The molecule has 0 radical (unpaired) electrons. The van der Waals surface area contributed by atoms with Crippen LogP contribution >= 0.6 is 0 Å². The molecule has 4 nitrogen and oxygen atoms in total. The summed E-state index contributed by atoms with van der Waals surface area (Å²) in [6, 6.07) is 12.2. The Morgan fingerprint density at radius 1 is 1.31 bits per heavy atom. The minimum atomic E-state index is -0.504. The molecule has 1 amide bonds. The van der Waals surface area contributed by atoms with Gasteiger partial charge in [-0.1, -0.05) is 19.1 Å². The van der Waals surface area contributed by atoms with E-state index in [0.717, 1.165) is 41.6 Å². The highest BCUT2D eigenvalue weighted by molar-refractivity contribution is 5.81. The lowest BCUT2D eigenvalue weighted by Gasteiger charge is -2.25. The Bertz CT molecular complexity index is 792. The van der Waals surface area contributed by atoms with Gasteiger partial charge < -0.3 is 14.1 Å². The zero-order valence-corrected chi connectivity index (χ0v) is 15.8. The zero-order valence-electron chi connectivity index (χ0n) is 15.8. The van der Waals surface area contributed by atoms with E-state index in [1.165, 1.54) is 6.42 Å². The molecule has 4 rings (SSSR count). The molecule has 0 aliphatic heterocycles. The number of ether oxygens (including phenoxy) is 1. The van der Waals surface area contributed by atoms with E-state index >= 15 is 0 Å². The summed E-state index contributed by atoms with van der Waals surface area (Å²) in [5.74, 6) is 4.01. The van der Waals surface area contributed by atoms with Crippen molar-refractivity contribution in [3.05, 3.63) is 53.5 Å². The number of hydrogen-bond donors (Lipinski definition) is 0. The summed E-state index contributed by atoms with van der Waals surface area (Å²) in [6.45, 7) is 6.63. The summed E-state index contributed by atoms with van der Waals surface area (Å²) in [5, 5.41) is 0. The molecule has 1 aromatic heterocycles. The summed E-state index contributed by atoms with van der Waals surface area (Å²) < 4.78 is 11.9. The van der Waals surface area contributed by atoms with Crippen molar-refractivity contribution < 1.29 is 13.9 Å². The normalized spacial score (nSPS) is 22.7. The molecule has 2 aliphatic carbocycles. The number of amides is 1. The quantitative estimate of drug-likeness (QED) is 0.726. The molecule has 4 heteroatoms. The summed E-state index contributed by atoms with van der Waals surface area (Å²) >= 11 is 0. The van der Waals surface area contributed by atoms with Crippen LogP contribution in [0.15, 0.2) is 40.8 Å². The van der Waals surface area contributed by atoms with Crippen LogP contribution in [0.4, 0.5) is 0 Å². The van der Waals surface area contributed by atoms with E-state index in [1.807, 2.05) is 49.1 Å². The Balaban J connectivity index is 1.42. The van der Waals surface area contributed by atoms with E-state index in [1.54, 1.807) is 0 Å². The van der Waals surface area contributed by atoms with Crippen LogP contribution in [-0.4, -0.2) is 23.0 Å². The molecule has 0 spiro atoms. The maximum atomic E-state index is 13.0. The lowest BCUT2D eigenvalue weighted by atomic mass is 10.2. The van der Waals surface area contributed by atoms with Crippen molar-refractivity contribution in [1.82, 2.24) is 4.90 Å². The molecular weight excluding hydrogens is 326 g/mol. The van der Waals surface area contributed by atoms with Crippen LogP contribution in [0.3, 0.4) is 0 Å². The first-order valence-electron chi connectivity index (χ1n) is 9.63. The van der Waals surface area contributed by atoms with Crippen molar-refractivity contribution >= 4 is 5.91 Å². The molecule has 0 saturated heterocycles. The topological polar surface area (TPSA) is 42.7 Å². The third kappa shape index (κ3) is 3.79. The Morgan fingerprint density at radius 2 is 2.08 bits per heavy atom. The van der Waals surface area contributed by atoms with Crippen molar-refractivity contribution in [2.45, 2.75) is 64.6 Å². The van der Waals surface area contributed by atoms with Crippen LogP contribution in [0.2, 0.25) is 0 Å². The van der Waals surface area contributed by atoms with E-state index in [-0.39, 0.29) is 5.91 Å². The molecule has 26 heavy (non-hydrogen) atoms. The van der Waals surface area contributed by atoms with E-state index in [9.17, 15) is 4.79 Å². The SMILES string of the molecule is Cc1cccc(OC(C)C(=O)N(Cc2ccc(C3CC3C)o2)C2CC2)c1. The molecule has 0 N–H and O–H groups in total. The minimum absolute atomic E-state index is 0.0340. The fourth-order valence-electron chi connectivity index (χ4n) is 3.52. The first-order valence-corrected chi connectivity index (χ1v) is 9.63. The Hall–Kier alpha value is -2.23. The summed E-state index contributed by atoms with van der Waals surface area (Å²) in [5.41, 5.74) is 1.12. The number of hydrogen-bond acceptors (Lipinski definition) is 3. The van der Waals surface area contributed by atoms with Gasteiger partial charge in [0.25, 0.3) is 5.91 Å². The van der Waals surface area contributed by atoms with E-state index in [2.05, 4.69) is 13.0 Å². The van der Waals surface area contributed by atoms with Crippen molar-refractivity contribution in [3.8, 4) is 5.75 Å². The number of carbonyl (C=O) groups excluding carboxylic acids is 1. The van der Waals surface area contributed by atoms with Gasteiger partial charge in [-0.3, -0.25) is 4.79 Å². The lowest BCUT2D eigenvalue weighted by Crippen LogP contribution is -2.41. The smallest absolute Gasteiger partial charge is 0.264 e. The Kier molecular flexibility index (Phi) is 4.51. The number of rotatable bonds is 7. The maximum absolute atomic E-state index is 13.0. The number of aryl methyl sites for hydroxylation is 1. The molecular formula is C22H27NO3. The molecule has 2 aliphatic rings. The zero-order chi connectivity index (χ0) is 18.3. The van der Waals surface area contributed by atoms with E-state index in [0.29, 0.717) is 18.5 Å². The van der Waals surface area contributed by atoms with Crippen LogP contribution in [0, 0.1) is 12.8 Å². The average Bonchev–Trinajstić information content (AvgIpc) is 3.52. The fourth-order valence-corrected chi connectivity index (χ4v) is 3.52. The predicted molar refractivity (Wildman–Crippen MR) is 100 cm³/mol. The van der Waals surface area contributed by atoms with Crippen molar-refractivity contribution in [1.29, 1.82) is 0 Å². The Labute approximate surface area is 155 Å². The van der Waals surface area contributed by atoms with Crippen molar-refractivity contribution in [2.75, 3.05) is 0 Å². The van der Waals surface area contributed by atoms with Gasteiger partial charge in [-0.05, 0) is 68.9 Å². The monoisotopic (exact) mass is 353 g/mol. The highest BCUT2D eigenvalue weighted by atomic mass is 16.5. The number of nitrogens with zero attached hydrogens (tertiary/aromatic N) is 1. The number of benzene rings is 1. The van der Waals surface area contributed by atoms with Gasteiger partial charge >= 0.3 is 0 Å². The first-order chi connectivity index (χ1) is 12.5. The van der Waals surface area contributed by atoms with Gasteiger partial charge in [0.2, 0.25) is 0 Å². The van der Waals surface area contributed by atoms with Crippen molar-refractivity contribution in [3.63, 3.8) is 0 Å². The molecule has 138 valence electrons. The Morgan fingerprint density at radius 3 is 2.73 bits per heavy atom. The third-order valence-corrected chi connectivity index (χ3v) is 5.40. The second-order valence-corrected chi connectivity index (χ2v) is 7.90. The van der Waals surface area contributed by atoms with Crippen LogP contribution in [0.25, 0.3) is 0 Å². The van der Waals surface area contributed by atoms with Crippen LogP contribution in [-0.2, 0) is 11.3 Å². The second kappa shape index (κ2) is 6.82.